The van der Waals surface area contributed by atoms with Gasteiger partial charge < -0.3 is 10.0 Å². The quantitative estimate of drug-likeness (QED) is 0.853. The van der Waals surface area contributed by atoms with Crippen LogP contribution in [0.15, 0.2) is 24.7 Å². The van der Waals surface area contributed by atoms with Gasteiger partial charge in [-0.25, -0.2) is 9.50 Å². The zero-order valence-electron chi connectivity index (χ0n) is 9.86. The van der Waals surface area contributed by atoms with Crippen molar-refractivity contribution in [3.05, 3.63) is 24.7 Å². The van der Waals surface area contributed by atoms with Crippen LogP contribution in [0.1, 0.15) is 12.8 Å². The molecule has 1 N–H and O–H groups in total. The molecule has 2 aromatic heterocycles. The van der Waals surface area contributed by atoms with Gasteiger partial charge in [0.15, 0.2) is 5.82 Å². The Morgan fingerprint density at radius 2 is 2.33 bits per heavy atom. The highest BCUT2D eigenvalue weighted by molar-refractivity contribution is 5.77. The molecule has 1 saturated carbocycles. The molecule has 0 aromatic carbocycles. The monoisotopic (exact) mass is 246 g/mol. The molecule has 0 saturated heterocycles. The van der Waals surface area contributed by atoms with Crippen LogP contribution >= 0.6 is 0 Å². The van der Waals surface area contributed by atoms with Gasteiger partial charge in [-0.15, -0.1) is 0 Å². The van der Waals surface area contributed by atoms with E-state index >= 15 is 0 Å². The molecule has 0 amide bonds. The average molecular weight is 246 g/mol. The van der Waals surface area contributed by atoms with E-state index in [1.807, 2.05) is 11.0 Å². The number of carbonyl (C=O) groups is 1. The smallest absolute Gasteiger partial charge is 0.323 e. The van der Waals surface area contributed by atoms with Crippen molar-refractivity contribution in [2.45, 2.75) is 12.8 Å². The van der Waals surface area contributed by atoms with E-state index in [2.05, 4.69) is 10.1 Å². The Hall–Kier alpha value is -2.11. The number of fused-ring (bicyclic) bond motifs is 1. The van der Waals surface area contributed by atoms with Crippen molar-refractivity contribution >= 4 is 17.3 Å². The Labute approximate surface area is 104 Å². The average Bonchev–Trinajstić information content (AvgIpc) is 3.02. The fourth-order valence-corrected chi connectivity index (χ4v) is 2.09. The van der Waals surface area contributed by atoms with Crippen molar-refractivity contribution in [2.24, 2.45) is 5.92 Å². The van der Waals surface area contributed by atoms with Crippen LogP contribution in [0.2, 0.25) is 0 Å². The summed E-state index contributed by atoms with van der Waals surface area (Å²) in [6.45, 7) is 0.735. The molecule has 0 unspecified atom stereocenters. The van der Waals surface area contributed by atoms with Gasteiger partial charge >= 0.3 is 5.97 Å². The third-order valence-corrected chi connectivity index (χ3v) is 3.11. The highest BCUT2D eigenvalue weighted by atomic mass is 16.4. The normalized spacial score (nSPS) is 14.9. The Kier molecular flexibility index (Phi) is 2.62. The van der Waals surface area contributed by atoms with Gasteiger partial charge in [0.1, 0.15) is 12.1 Å². The van der Waals surface area contributed by atoms with E-state index in [1.165, 1.54) is 12.8 Å². The van der Waals surface area contributed by atoms with E-state index in [9.17, 15) is 4.79 Å². The summed E-state index contributed by atoms with van der Waals surface area (Å²) in [5.74, 6) is 0.470. The fraction of sp³-hybridized carbons (Fsp3) is 0.417. The second-order valence-electron chi connectivity index (χ2n) is 4.63. The summed E-state index contributed by atoms with van der Waals surface area (Å²) in [4.78, 5) is 17.1. The third kappa shape index (κ3) is 2.13. The van der Waals surface area contributed by atoms with Crippen LogP contribution in [0, 0.1) is 5.92 Å². The predicted octanol–water partition coefficient (Wildman–Crippen LogP) is 1.03. The van der Waals surface area contributed by atoms with Gasteiger partial charge in [-0.1, -0.05) is 0 Å². The van der Waals surface area contributed by atoms with Crippen LogP contribution in [-0.4, -0.2) is 38.8 Å². The minimum absolute atomic E-state index is 0.0195. The van der Waals surface area contributed by atoms with Crippen molar-refractivity contribution in [3.8, 4) is 0 Å². The summed E-state index contributed by atoms with van der Waals surface area (Å²) in [5, 5.41) is 13.1. The molecule has 0 radical (unpaired) electrons. The maximum Gasteiger partial charge on any atom is 0.323 e. The summed E-state index contributed by atoms with van der Waals surface area (Å²) in [5.41, 5.74) is 0.847. The van der Waals surface area contributed by atoms with E-state index < -0.39 is 5.97 Å². The molecule has 94 valence electrons. The zero-order valence-corrected chi connectivity index (χ0v) is 9.86. The lowest BCUT2D eigenvalue weighted by atomic mass is 10.3. The second kappa shape index (κ2) is 4.29. The number of aromatic nitrogens is 3. The highest BCUT2D eigenvalue weighted by Crippen LogP contribution is 2.31. The first-order valence-corrected chi connectivity index (χ1v) is 5.99. The summed E-state index contributed by atoms with van der Waals surface area (Å²) >= 11 is 0. The Morgan fingerprint density at radius 1 is 1.50 bits per heavy atom. The van der Waals surface area contributed by atoms with Crippen LogP contribution in [0.3, 0.4) is 0 Å². The van der Waals surface area contributed by atoms with Crippen LogP contribution < -0.4 is 4.90 Å². The van der Waals surface area contributed by atoms with Crippen molar-refractivity contribution in [2.75, 3.05) is 18.0 Å². The highest BCUT2D eigenvalue weighted by Gasteiger charge is 2.27. The molecule has 0 aliphatic heterocycles. The summed E-state index contributed by atoms with van der Waals surface area (Å²) < 4.78 is 1.71. The first-order valence-electron chi connectivity index (χ1n) is 5.99. The van der Waals surface area contributed by atoms with Gasteiger partial charge in [0.2, 0.25) is 0 Å². The molecule has 2 heterocycles. The van der Waals surface area contributed by atoms with E-state index in [-0.39, 0.29) is 6.54 Å². The van der Waals surface area contributed by atoms with Crippen LogP contribution in [0.5, 0.6) is 0 Å². The molecule has 18 heavy (non-hydrogen) atoms. The van der Waals surface area contributed by atoms with Gasteiger partial charge in [0.05, 0.1) is 6.20 Å². The van der Waals surface area contributed by atoms with Crippen LogP contribution in [0.4, 0.5) is 5.82 Å². The summed E-state index contributed by atoms with van der Waals surface area (Å²) in [7, 11) is 0. The molecule has 1 fully saturated rings. The maximum atomic E-state index is 11.0. The predicted molar refractivity (Wildman–Crippen MR) is 65.6 cm³/mol. The largest absolute Gasteiger partial charge is 0.480 e. The first-order chi connectivity index (χ1) is 8.74. The SMILES string of the molecule is O=C(O)CN(CC1CC1)c1nccn2nccc12. The maximum absolute atomic E-state index is 11.0. The van der Waals surface area contributed by atoms with Crippen LogP contribution in [-0.2, 0) is 4.79 Å². The van der Waals surface area contributed by atoms with Gasteiger partial charge in [-0.2, -0.15) is 5.10 Å². The fourth-order valence-electron chi connectivity index (χ4n) is 2.09. The lowest BCUT2D eigenvalue weighted by Gasteiger charge is -2.22. The molecule has 1 aliphatic carbocycles. The molecule has 0 spiro atoms. The topological polar surface area (TPSA) is 70.7 Å². The number of hydrogen-bond donors (Lipinski definition) is 1. The zero-order chi connectivity index (χ0) is 12.5. The number of anilines is 1. The minimum Gasteiger partial charge on any atom is -0.480 e. The lowest BCUT2D eigenvalue weighted by Crippen LogP contribution is -2.32. The molecule has 6 nitrogen and oxygen atoms in total. The molecule has 2 aromatic rings. The van der Waals surface area contributed by atoms with E-state index in [4.69, 9.17) is 5.11 Å². The number of carboxylic acid groups (broad SMARTS) is 1. The van der Waals surface area contributed by atoms with E-state index in [0.717, 1.165) is 12.1 Å². The van der Waals surface area contributed by atoms with Gasteiger partial charge in [0.25, 0.3) is 0 Å². The standard InChI is InChI=1S/C12H14N4O2/c17-11(18)8-15(7-9-1-2-9)12-10-3-4-14-16(10)6-5-13-12/h3-6,9H,1-2,7-8H2,(H,17,18). The molecular weight excluding hydrogens is 232 g/mol. The number of hydrogen-bond acceptors (Lipinski definition) is 4. The molecule has 0 atom stereocenters. The van der Waals surface area contributed by atoms with Crippen molar-refractivity contribution in [1.29, 1.82) is 0 Å². The van der Waals surface area contributed by atoms with Gasteiger partial charge in [0, 0.05) is 18.9 Å². The molecular formula is C12H14N4O2. The third-order valence-electron chi connectivity index (χ3n) is 3.11. The van der Waals surface area contributed by atoms with E-state index in [1.54, 1.807) is 23.1 Å². The summed E-state index contributed by atoms with van der Waals surface area (Å²) in [6, 6.07) is 1.85. The number of carboxylic acids is 1. The van der Waals surface area contributed by atoms with Crippen molar-refractivity contribution in [3.63, 3.8) is 0 Å². The number of nitrogens with zero attached hydrogens (tertiary/aromatic N) is 4. The first kappa shape index (κ1) is 11.0. The molecule has 3 rings (SSSR count). The number of rotatable bonds is 5. The molecule has 0 bridgehead atoms. The minimum atomic E-state index is -0.834. The molecule has 6 heteroatoms. The summed E-state index contributed by atoms with van der Waals surface area (Å²) in [6.07, 6.45) is 7.46. The second-order valence-corrected chi connectivity index (χ2v) is 4.63. The number of aliphatic carboxylic acids is 1. The molecule has 1 aliphatic rings. The lowest BCUT2D eigenvalue weighted by molar-refractivity contribution is -0.135. The Balaban J connectivity index is 1.96. The van der Waals surface area contributed by atoms with Gasteiger partial charge in [-0.3, -0.25) is 4.79 Å². The van der Waals surface area contributed by atoms with Crippen molar-refractivity contribution < 1.29 is 9.90 Å². The van der Waals surface area contributed by atoms with Crippen LogP contribution in [0.25, 0.3) is 5.52 Å². The van der Waals surface area contributed by atoms with E-state index in [0.29, 0.717) is 11.7 Å². The van der Waals surface area contributed by atoms with Crippen molar-refractivity contribution in [1.82, 2.24) is 14.6 Å². The van der Waals surface area contributed by atoms with Gasteiger partial charge in [-0.05, 0) is 24.8 Å². The Morgan fingerprint density at radius 3 is 3.06 bits per heavy atom. The Bertz CT molecular complexity index is 576.